The van der Waals surface area contributed by atoms with Crippen LogP contribution < -0.4 is 16.4 Å². The van der Waals surface area contributed by atoms with E-state index in [1.54, 1.807) is 87.3 Å². The number of amides is 2. The van der Waals surface area contributed by atoms with Crippen LogP contribution in [0.2, 0.25) is 0 Å². The zero-order chi connectivity index (χ0) is 74.8. The average Bonchev–Trinajstić information content (AvgIpc) is 0.862. The first-order valence-electron chi connectivity index (χ1n) is 33.3. The number of carboxylic acids is 1. The molecular formula is C81H91BBrN7O12. The van der Waals surface area contributed by atoms with E-state index in [1.165, 1.54) is 42.5 Å². The fourth-order valence-corrected chi connectivity index (χ4v) is 9.48. The third-order valence-corrected chi connectivity index (χ3v) is 15.8. The highest BCUT2D eigenvalue weighted by Gasteiger charge is 2.15. The third-order valence-electron chi connectivity index (χ3n) is 15.3. The molecule has 0 saturated heterocycles. The summed E-state index contributed by atoms with van der Waals surface area (Å²) in [6, 6.07) is 58.0. The monoisotopic (exact) mass is 1440 g/mol. The van der Waals surface area contributed by atoms with E-state index in [1.807, 2.05) is 84.9 Å². The zero-order valence-corrected chi connectivity index (χ0v) is 61.8. The Hall–Kier alpha value is -10.4. The van der Waals surface area contributed by atoms with Crippen LogP contribution in [0.3, 0.4) is 0 Å². The summed E-state index contributed by atoms with van der Waals surface area (Å²) in [5.41, 5.74) is 21.1. The lowest BCUT2D eigenvalue weighted by molar-refractivity contribution is 0.0358. The molecule has 0 aliphatic carbocycles. The molecule has 0 spiro atoms. The van der Waals surface area contributed by atoms with E-state index in [2.05, 4.69) is 179 Å². The fraction of sp³-hybridized carbons (Fsp3) is 0.259. The topological polar surface area (TPSA) is 271 Å². The molecule has 102 heavy (non-hydrogen) atoms. The predicted molar refractivity (Wildman–Crippen MR) is 405 cm³/mol. The number of carbonyl (C=O) groups excluding carboxylic acids is 4. The number of halogens is 1. The Bertz CT molecular complexity index is 4120. The van der Waals surface area contributed by atoms with Gasteiger partial charge in [0.1, 0.15) is 28.5 Å². The Labute approximate surface area is 607 Å². The standard InChI is InChI=1S/2C17H20N2O2.C16H17NO2.C15H15NO2.C9H13BO2.C7H6BrNO2/c2*1-4-21-19-17(20)16-9-8-15(11-18-16)14-7-5-6-13(10-14)12(2)3;1-11(2)12-5-4-6-13(9-12)14-7-8-15(17-10-14)16(18)19-3;1-10(2)11-4-3-5-12(8-11)13-6-7-14(15(17)18)16-9-13;1-7(2)8-4-3-5-9(6-8)10(11)12;1-11-7(10)6-3-2-5(8)4-9-6/h2*5-12H,4H2,1-3H3,(H,19,20);4-11H,1-3H3;3-10H,1-2H3,(H,17,18);3-7,11-12H,1-2H3;2-4H,1H3. The smallest absolute Gasteiger partial charge is 0.477 e. The van der Waals surface area contributed by atoms with Gasteiger partial charge < -0.3 is 24.6 Å². The second-order valence-electron chi connectivity index (χ2n) is 24.4. The number of esters is 2. The van der Waals surface area contributed by atoms with Gasteiger partial charge in [-0.2, -0.15) is 0 Å². The maximum absolute atomic E-state index is 11.7. The summed E-state index contributed by atoms with van der Waals surface area (Å²) in [7, 11) is 1.32. The van der Waals surface area contributed by atoms with Gasteiger partial charge in [0.2, 0.25) is 0 Å². The lowest BCUT2D eigenvalue weighted by Gasteiger charge is -2.08. The number of methoxy groups -OCH3 is 2. The maximum atomic E-state index is 11.7. The molecule has 5 aromatic heterocycles. The van der Waals surface area contributed by atoms with Crippen LogP contribution in [-0.4, -0.2) is 104 Å². The third kappa shape index (κ3) is 26.9. The molecule has 2 amide bonds. The Kier molecular flexibility index (Phi) is 34.4. The Morgan fingerprint density at radius 1 is 0.382 bits per heavy atom. The molecule has 0 unspecified atom stereocenters. The first-order valence-corrected chi connectivity index (χ1v) is 34.1. The number of carbonyl (C=O) groups is 5. The molecule has 21 heteroatoms. The van der Waals surface area contributed by atoms with Crippen molar-refractivity contribution in [3.63, 3.8) is 0 Å². The van der Waals surface area contributed by atoms with Crippen molar-refractivity contribution >= 4 is 58.2 Å². The first-order chi connectivity index (χ1) is 48.8. The molecule has 0 aliphatic heterocycles. The summed E-state index contributed by atoms with van der Waals surface area (Å²) in [5.74, 6) is -0.165. The van der Waals surface area contributed by atoms with E-state index in [0.717, 1.165) is 54.5 Å². The summed E-state index contributed by atoms with van der Waals surface area (Å²) in [5, 5.41) is 26.6. The van der Waals surface area contributed by atoms with Crippen LogP contribution >= 0.6 is 15.9 Å². The molecule has 5 N–H and O–H groups in total. The lowest BCUT2D eigenvalue weighted by Crippen LogP contribution is -2.29. The largest absolute Gasteiger partial charge is 0.488 e. The summed E-state index contributed by atoms with van der Waals surface area (Å²) >= 11 is 3.20. The Morgan fingerprint density at radius 3 is 0.922 bits per heavy atom. The minimum absolute atomic E-state index is 0.0683. The highest BCUT2D eigenvalue weighted by molar-refractivity contribution is 9.10. The van der Waals surface area contributed by atoms with Gasteiger partial charge in [0.25, 0.3) is 11.8 Å². The highest BCUT2D eigenvalue weighted by atomic mass is 79.9. The van der Waals surface area contributed by atoms with Gasteiger partial charge in [-0.15, -0.1) is 0 Å². The van der Waals surface area contributed by atoms with Gasteiger partial charge in [-0.3, -0.25) is 29.2 Å². The molecule has 0 saturated carbocycles. The van der Waals surface area contributed by atoms with Crippen LogP contribution in [0.4, 0.5) is 0 Å². The number of hydroxylamine groups is 2. The number of benzene rings is 5. The minimum atomic E-state index is -1.36. The van der Waals surface area contributed by atoms with E-state index in [9.17, 15) is 24.0 Å². The summed E-state index contributed by atoms with van der Waals surface area (Å²) in [6.45, 7) is 25.9. The van der Waals surface area contributed by atoms with Crippen molar-refractivity contribution in [1.82, 2.24) is 35.9 Å². The maximum Gasteiger partial charge on any atom is 0.488 e. The van der Waals surface area contributed by atoms with Crippen molar-refractivity contribution in [3.05, 3.63) is 274 Å². The van der Waals surface area contributed by atoms with E-state index in [0.29, 0.717) is 71.0 Å². The van der Waals surface area contributed by atoms with Crippen molar-refractivity contribution in [3.8, 4) is 44.5 Å². The predicted octanol–water partition coefficient (Wildman–Crippen LogP) is 16.5. The second kappa shape index (κ2) is 42.6. The molecule has 10 aromatic rings. The van der Waals surface area contributed by atoms with Crippen LogP contribution in [0.5, 0.6) is 0 Å². The van der Waals surface area contributed by atoms with Crippen molar-refractivity contribution in [1.29, 1.82) is 0 Å². The van der Waals surface area contributed by atoms with Crippen molar-refractivity contribution in [2.75, 3.05) is 27.4 Å². The Balaban J connectivity index is 0.000000223. The summed E-state index contributed by atoms with van der Waals surface area (Å²) < 4.78 is 9.93. The molecule has 5 aromatic carbocycles. The fourth-order valence-electron chi connectivity index (χ4n) is 9.25. The van der Waals surface area contributed by atoms with Crippen molar-refractivity contribution in [2.45, 2.75) is 113 Å². The molecule has 532 valence electrons. The van der Waals surface area contributed by atoms with Crippen LogP contribution in [0.15, 0.2) is 217 Å². The molecule has 0 fully saturated rings. The van der Waals surface area contributed by atoms with E-state index >= 15 is 0 Å². The average molecular weight is 1450 g/mol. The van der Waals surface area contributed by atoms with E-state index in [4.69, 9.17) is 24.8 Å². The van der Waals surface area contributed by atoms with Crippen LogP contribution in [0, 0.1) is 0 Å². The number of carboxylic acid groups (broad SMARTS) is 1. The molecule has 0 aliphatic rings. The second-order valence-corrected chi connectivity index (χ2v) is 25.3. The van der Waals surface area contributed by atoms with Crippen LogP contribution in [-0.2, 0) is 19.1 Å². The van der Waals surface area contributed by atoms with Gasteiger partial charge in [0, 0.05) is 57.7 Å². The highest BCUT2D eigenvalue weighted by Crippen LogP contribution is 2.28. The summed E-state index contributed by atoms with van der Waals surface area (Å²) in [4.78, 5) is 86.3. The first kappa shape index (κ1) is 82.3. The number of ether oxygens (including phenoxy) is 2. The molecule has 19 nitrogen and oxygen atoms in total. The normalized spacial score (nSPS) is 10.5. The van der Waals surface area contributed by atoms with Crippen molar-refractivity contribution in [2.24, 2.45) is 0 Å². The molecule has 5 heterocycles. The van der Waals surface area contributed by atoms with Gasteiger partial charge in [0.05, 0.1) is 27.4 Å². The van der Waals surface area contributed by atoms with Gasteiger partial charge in [-0.25, -0.2) is 40.3 Å². The number of aromatic carboxylic acids is 1. The molecule has 10 rings (SSSR count). The van der Waals surface area contributed by atoms with Gasteiger partial charge in [-0.05, 0) is 151 Å². The zero-order valence-electron chi connectivity index (χ0n) is 60.2. The quantitative estimate of drug-likeness (QED) is 0.0286. The summed E-state index contributed by atoms with van der Waals surface area (Å²) in [6.07, 6.45) is 8.27. The SMILES string of the molecule is CC(C)c1cccc(-c2ccc(C(=O)O)nc2)c1.CC(C)c1cccc(B(O)O)c1.CCONC(=O)c1ccc(-c2cccc(C(C)C)c2)cn1.CCONC(=O)c1ccc(-c2cccc(C(C)C)c2)cn1.COC(=O)c1ccc(-c2cccc(C(C)C)c2)cn1.COC(=O)c1ccc(Br)cn1. The number of aromatic nitrogens is 5. The number of rotatable bonds is 19. The molecular weight excluding hydrogens is 1350 g/mol. The van der Waals surface area contributed by atoms with Gasteiger partial charge in [-0.1, -0.05) is 215 Å². The van der Waals surface area contributed by atoms with E-state index in [-0.39, 0.29) is 17.5 Å². The minimum Gasteiger partial charge on any atom is -0.477 e. The lowest BCUT2D eigenvalue weighted by atomic mass is 9.79. The number of pyridine rings is 5. The Morgan fingerprint density at radius 2 is 0.667 bits per heavy atom. The number of hydrogen-bond acceptors (Lipinski definition) is 16. The van der Waals surface area contributed by atoms with E-state index < -0.39 is 25.0 Å². The number of hydrogen-bond donors (Lipinski definition) is 5. The van der Waals surface area contributed by atoms with Gasteiger partial charge >= 0.3 is 25.0 Å². The molecule has 0 radical (unpaired) electrons. The van der Waals surface area contributed by atoms with Gasteiger partial charge in [0.15, 0.2) is 0 Å². The molecule has 0 atom stereocenters. The number of nitrogens with one attached hydrogen (secondary N) is 2. The van der Waals surface area contributed by atoms with Crippen LogP contribution in [0.25, 0.3) is 44.5 Å². The van der Waals surface area contributed by atoms with Crippen LogP contribution in [0.1, 0.15) is 193 Å². The number of nitrogens with zero attached hydrogens (tertiary/aromatic N) is 5. The van der Waals surface area contributed by atoms with Crippen molar-refractivity contribution < 1.29 is 58.3 Å². The molecule has 0 bridgehead atoms.